The van der Waals surface area contributed by atoms with Crippen molar-refractivity contribution in [2.75, 3.05) is 6.54 Å². The van der Waals surface area contributed by atoms with Crippen molar-refractivity contribution in [2.45, 2.75) is 13.0 Å². The molecule has 0 aliphatic rings. The fraction of sp³-hybridized carbons (Fsp3) is 0.200. The molecule has 0 aliphatic heterocycles. The molecule has 2 rings (SSSR count). The normalized spacial score (nSPS) is 10.6. The van der Waals surface area contributed by atoms with Gasteiger partial charge in [0, 0.05) is 0 Å². The van der Waals surface area contributed by atoms with Crippen LogP contribution in [0.15, 0.2) is 40.9 Å². The molecule has 2 aromatic rings. The summed E-state index contributed by atoms with van der Waals surface area (Å²) in [6, 6.07) is 10.4. The Labute approximate surface area is 130 Å². The van der Waals surface area contributed by atoms with Gasteiger partial charge in [0.2, 0.25) is 0 Å². The lowest BCUT2D eigenvalue weighted by Gasteiger charge is -2.10. The van der Waals surface area contributed by atoms with E-state index in [0.717, 1.165) is 27.8 Å². The van der Waals surface area contributed by atoms with Crippen LogP contribution in [-0.4, -0.2) is 6.54 Å². The van der Waals surface area contributed by atoms with Crippen LogP contribution in [-0.2, 0) is 13.0 Å². The van der Waals surface area contributed by atoms with Gasteiger partial charge < -0.3 is 10.5 Å². The van der Waals surface area contributed by atoms with E-state index in [1.54, 1.807) is 12.1 Å². The van der Waals surface area contributed by atoms with Crippen LogP contribution in [0.1, 0.15) is 11.1 Å². The highest BCUT2D eigenvalue weighted by molar-refractivity contribution is 9.10. The molecule has 0 spiro atoms. The van der Waals surface area contributed by atoms with Crippen molar-refractivity contribution in [2.24, 2.45) is 5.73 Å². The third-order valence-corrected chi connectivity index (χ3v) is 3.72. The van der Waals surface area contributed by atoms with E-state index in [2.05, 4.69) is 15.9 Å². The van der Waals surface area contributed by atoms with Gasteiger partial charge in [-0.05, 0) is 64.3 Å². The average Bonchev–Trinajstić information content (AvgIpc) is 2.42. The van der Waals surface area contributed by atoms with Gasteiger partial charge in [-0.1, -0.05) is 23.7 Å². The van der Waals surface area contributed by atoms with Crippen molar-refractivity contribution in [3.05, 3.63) is 62.8 Å². The summed E-state index contributed by atoms with van der Waals surface area (Å²) >= 11 is 9.20. The number of nitrogens with two attached hydrogens (primary N) is 1. The number of benzene rings is 2. The zero-order valence-corrected chi connectivity index (χ0v) is 13.0. The first kappa shape index (κ1) is 15.3. The van der Waals surface area contributed by atoms with E-state index in [-0.39, 0.29) is 5.02 Å². The van der Waals surface area contributed by atoms with E-state index in [4.69, 9.17) is 22.1 Å². The molecule has 106 valence electrons. The molecule has 0 atom stereocenters. The Balaban J connectivity index is 2.05. The molecule has 2 aromatic carbocycles. The van der Waals surface area contributed by atoms with Crippen LogP contribution in [0.4, 0.5) is 4.39 Å². The fourth-order valence-electron chi connectivity index (χ4n) is 1.77. The van der Waals surface area contributed by atoms with E-state index in [9.17, 15) is 4.39 Å². The van der Waals surface area contributed by atoms with Gasteiger partial charge in [-0.25, -0.2) is 4.39 Å². The number of hydrogen-bond acceptors (Lipinski definition) is 2. The first-order valence-corrected chi connectivity index (χ1v) is 7.32. The molecular weight excluding hydrogens is 345 g/mol. The summed E-state index contributed by atoms with van der Waals surface area (Å²) in [7, 11) is 0. The van der Waals surface area contributed by atoms with Gasteiger partial charge in [0.1, 0.15) is 18.2 Å². The van der Waals surface area contributed by atoms with E-state index >= 15 is 0 Å². The predicted molar refractivity (Wildman–Crippen MR) is 82.6 cm³/mol. The summed E-state index contributed by atoms with van der Waals surface area (Å²) in [5.74, 6) is 0.300. The van der Waals surface area contributed by atoms with Crippen LogP contribution in [0.3, 0.4) is 0 Å². The lowest BCUT2D eigenvalue weighted by Crippen LogP contribution is -2.03. The number of rotatable bonds is 5. The van der Waals surface area contributed by atoms with E-state index < -0.39 is 5.82 Å². The molecule has 0 aliphatic carbocycles. The molecule has 0 radical (unpaired) electrons. The van der Waals surface area contributed by atoms with Gasteiger partial charge >= 0.3 is 0 Å². The summed E-state index contributed by atoms with van der Waals surface area (Å²) in [6.45, 7) is 0.940. The first-order valence-electron chi connectivity index (χ1n) is 6.15. The zero-order chi connectivity index (χ0) is 14.5. The number of ether oxygens (including phenoxy) is 1. The second-order valence-electron chi connectivity index (χ2n) is 4.34. The Bertz CT molecular complexity index is 606. The van der Waals surface area contributed by atoms with Crippen molar-refractivity contribution in [3.8, 4) is 5.75 Å². The molecule has 2 nitrogen and oxygen atoms in total. The highest BCUT2D eigenvalue weighted by Gasteiger charge is 2.05. The van der Waals surface area contributed by atoms with Crippen molar-refractivity contribution in [1.29, 1.82) is 0 Å². The van der Waals surface area contributed by atoms with Crippen molar-refractivity contribution in [1.82, 2.24) is 0 Å². The lowest BCUT2D eigenvalue weighted by molar-refractivity contribution is 0.304. The smallest absolute Gasteiger partial charge is 0.141 e. The molecule has 0 saturated carbocycles. The quantitative estimate of drug-likeness (QED) is 0.864. The topological polar surface area (TPSA) is 35.2 Å². The maximum Gasteiger partial charge on any atom is 0.141 e. The maximum absolute atomic E-state index is 13.1. The maximum atomic E-state index is 13.1. The standard InChI is InChI=1S/C15H14BrClFNO/c16-12-7-10(5-6-19)2-4-15(12)20-9-11-1-3-14(18)13(17)8-11/h1-4,7-8H,5-6,9,19H2. The van der Waals surface area contributed by atoms with Crippen LogP contribution >= 0.6 is 27.5 Å². The second-order valence-corrected chi connectivity index (χ2v) is 5.60. The number of hydrogen-bond donors (Lipinski definition) is 1. The lowest BCUT2D eigenvalue weighted by atomic mass is 10.1. The Hall–Kier alpha value is -1.10. The fourth-order valence-corrected chi connectivity index (χ4v) is 2.52. The Morgan fingerprint density at radius 1 is 1.15 bits per heavy atom. The van der Waals surface area contributed by atoms with Gasteiger partial charge in [0.05, 0.1) is 9.50 Å². The molecule has 0 saturated heterocycles. The van der Waals surface area contributed by atoms with Gasteiger partial charge in [-0.3, -0.25) is 0 Å². The minimum Gasteiger partial charge on any atom is -0.488 e. The van der Waals surface area contributed by atoms with Gasteiger partial charge in [0.15, 0.2) is 0 Å². The molecule has 0 aromatic heterocycles. The SMILES string of the molecule is NCCc1ccc(OCc2ccc(F)c(Cl)c2)c(Br)c1. The predicted octanol–water partition coefficient (Wildman–Crippen LogP) is 4.32. The molecule has 2 N–H and O–H groups in total. The van der Waals surface area contributed by atoms with Crippen LogP contribution in [0.5, 0.6) is 5.75 Å². The zero-order valence-electron chi connectivity index (χ0n) is 10.7. The summed E-state index contributed by atoms with van der Waals surface area (Å²) in [5.41, 5.74) is 7.48. The molecule has 0 heterocycles. The second kappa shape index (κ2) is 7.07. The molecule has 0 unspecified atom stereocenters. The molecule has 5 heteroatoms. The van der Waals surface area contributed by atoms with Gasteiger partial charge in [-0.2, -0.15) is 0 Å². The number of halogens is 3. The summed E-state index contributed by atoms with van der Waals surface area (Å²) < 4.78 is 19.6. The highest BCUT2D eigenvalue weighted by Crippen LogP contribution is 2.27. The monoisotopic (exact) mass is 357 g/mol. The Kier molecular flexibility index (Phi) is 5.40. The molecule has 0 bridgehead atoms. The largest absolute Gasteiger partial charge is 0.488 e. The highest BCUT2D eigenvalue weighted by atomic mass is 79.9. The minimum atomic E-state index is -0.428. The Morgan fingerprint density at radius 2 is 1.90 bits per heavy atom. The van der Waals surface area contributed by atoms with Crippen LogP contribution in [0.25, 0.3) is 0 Å². The third-order valence-electron chi connectivity index (χ3n) is 2.81. The summed E-state index contributed by atoms with van der Waals surface area (Å²) in [5, 5.41) is 0.100. The molecule has 0 amide bonds. The van der Waals surface area contributed by atoms with E-state index in [1.165, 1.54) is 6.07 Å². The summed E-state index contributed by atoms with van der Waals surface area (Å²) in [4.78, 5) is 0. The van der Waals surface area contributed by atoms with Crippen LogP contribution in [0.2, 0.25) is 5.02 Å². The van der Waals surface area contributed by atoms with Crippen molar-refractivity contribution < 1.29 is 9.13 Å². The Morgan fingerprint density at radius 3 is 2.55 bits per heavy atom. The molecule has 0 fully saturated rings. The third kappa shape index (κ3) is 3.95. The minimum absolute atomic E-state index is 0.100. The van der Waals surface area contributed by atoms with E-state index in [1.807, 2.05) is 18.2 Å². The van der Waals surface area contributed by atoms with Crippen LogP contribution < -0.4 is 10.5 Å². The average molecular weight is 359 g/mol. The first-order chi connectivity index (χ1) is 9.60. The van der Waals surface area contributed by atoms with Crippen LogP contribution in [0, 0.1) is 5.82 Å². The van der Waals surface area contributed by atoms with Crippen molar-refractivity contribution in [3.63, 3.8) is 0 Å². The summed E-state index contributed by atoms with van der Waals surface area (Å²) in [6.07, 6.45) is 0.826. The molecule has 20 heavy (non-hydrogen) atoms. The van der Waals surface area contributed by atoms with E-state index in [0.29, 0.717) is 13.2 Å². The van der Waals surface area contributed by atoms with Crippen molar-refractivity contribution >= 4 is 27.5 Å². The van der Waals surface area contributed by atoms with Gasteiger partial charge in [-0.15, -0.1) is 0 Å². The molecular formula is C15H14BrClFNO. The van der Waals surface area contributed by atoms with Gasteiger partial charge in [0.25, 0.3) is 0 Å².